The Bertz CT molecular complexity index is 526. The number of fused-ring (bicyclic) bond motifs is 1. The Kier molecular flexibility index (Phi) is 4.15. The predicted molar refractivity (Wildman–Crippen MR) is 82.2 cm³/mol. The molecule has 21 heavy (non-hydrogen) atoms. The van der Waals surface area contributed by atoms with Gasteiger partial charge in [-0.25, -0.2) is 0 Å². The first-order chi connectivity index (χ1) is 10.2. The average Bonchev–Trinajstić information content (AvgIpc) is 3.31. The lowest BCUT2D eigenvalue weighted by Gasteiger charge is -2.23. The number of carbonyl (C=O) groups is 1. The monoisotopic (exact) mass is 288 g/mol. The Balaban J connectivity index is 1.61. The van der Waals surface area contributed by atoms with E-state index in [1.807, 2.05) is 17.9 Å². The molecule has 1 atom stereocenters. The molecule has 1 aromatic rings. The summed E-state index contributed by atoms with van der Waals surface area (Å²) in [5.74, 6) is 0.873. The summed E-state index contributed by atoms with van der Waals surface area (Å²) in [6.45, 7) is 2.93. The summed E-state index contributed by atoms with van der Waals surface area (Å²) in [5.41, 5.74) is 8.62. The van der Waals surface area contributed by atoms with E-state index in [2.05, 4.69) is 12.1 Å². The van der Waals surface area contributed by atoms with Gasteiger partial charge in [0.2, 0.25) is 0 Å². The quantitative estimate of drug-likeness (QED) is 0.905. The van der Waals surface area contributed by atoms with Crippen LogP contribution in [0.3, 0.4) is 0 Å². The van der Waals surface area contributed by atoms with E-state index in [1.54, 1.807) is 0 Å². The molecule has 0 radical (unpaired) electrons. The van der Waals surface area contributed by atoms with Gasteiger partial charge in [0.15, 0.2) is 6.61 Å². The number of nitrogens with zero attached hydrogens (tertiary/aromatic N) is 1. The first-order valence-electron chi connectivity index (χ1n) is 7.99. The highest BCUT2D eigenvalue weighted by atomic mass is 16.5. The van der Waals surface area contributed by atoms with Gasteiger partial charge in [0, 0.05) is 18.6 Å². The van der Waals surface area contributed by atoms with Crippen LogP contribution in [0.25, 0.3) is 0 Å². The fourth-order valence-electron chi connectivity index (χ4n) is 3.17. The zero-order valence-corrected chi connectivity index (χ0v) is 12.7. The number of amides is 1. The minimum Gasteiger partial charge on any atom is -0.484 e. The van der Waals surface area contributed by atoms with Gasteiger partial charge in [-0.3, -0.25) is 4.79 Å². The van der Waals surface area contributed by atoms with E-state index in [1.165, 1.54) is 11.1 Å². The predicted octanol–water partition coefficient (Wildman–Crippen LogP) is 2.41. The van der Waals surface area contributed by atoms with Crippen LogP contribution in [-0.4, -0.2) is 30.0 Å². The van der Waals surface area contributed by atoms with E-state index in [-0.39, 0.29) is 18.6 Å². The molecule has 2 aliphatic rings. The number of aryl methyl sites for hydroxylation is 1. The van der Waals surface area contributed by atoms with Crippen LogP contribution in [0.5, 0.6) is 5.75 Å². The second-order valence-corrected chi connectivity index (χ2v) is 6.06. The zero-order chi connectivity index (χ0) is 14.8. The van der Waals surface area contributed by atoms with Gasteiger partial charge in [-0.15, -0.1) is 0 Å². The molecule has 2 N–H and O–H groups in total. The SMILES string of the molecule is CCN(C(=O)COc1ccc2c(c1)CCCC2N)C1CC1. The third-order valence-electron chi connectivity index (χ3n) is 4.49. The van der Waals surface area contributed by atoms with Crippen molar-refractivity contribution in [3.8, 4) is 5.75 Å². The van der Waals surface area contributed by atoms with Crippen molar-refractivity contribution in [2.75, 3.05) is 13.2 Å². The normalized spacial score (nSPS) is 20.8. The molecule has 114 valence electrons. The maximum absolute atomic E-state index is 12.2. The molecule has 0 saturated heterocycles. The Morgan fingerprint density at radius 3 is 2.90 bits per heavy atom. The third kappa shape index (κ3) is 3.21. The molecule has 0 bridgehead atoms. The zero-order valence-electron chi connectivity index (χ0n) is 12.7. The van der Waals surface area contributed by atoms with E-state index < -0.39 is 0 Å². The molecule has 0 heterocycles. The van der Waals surface area contributed by atoms with E-state index in [4.69, 9.17) is 10.5 Å². The lowest BCUT2D eigenvalue weighted by molar-refractivity contribution is -0.133. The second kappa shape index (κ2) is 6.06. The topological polar surface area (TPSA) is 55.6 Å². The van der Waals surface area contributed by atoms with Crippen molar-refractivity contribution < 1.29 is 9.53 Å². The number of hydrogen-bond donors (Lipinski definition) is 1. The summed E-state index contributed by atoms with van der Waals surface area (Å²) in [6.07, 6.45) is 5.50. The number of benzene rings is 1. The Morgan fingerprint density at radius 1 is 1.38 bits per heavy atom. The van der Waals surface area contributed by atoms with Crippen LogP contribution >= 0.6 is 0 Å². The molecule has 2 aliphatic carbocycles. The van der Waals surface area contributed by atoms with Crippen LogP contribution in [0.2, 0.25) is 0 Å². The van der Waals surface area contributed by atoms with Gasteiger partial charge in [-0.05, 0) is 62.3 Å². The molecule has 4 heteroatoms. The van der Waals surface area contributed by atoms with Gasteiger partial charge < -0.3 is 15.4 Å². The molecule has 0 aliphatic heterocycles. The standard InChI is InChI=1S/C17H24N2O2/c1-2-19(13-6-7-13)17(20)11-21-14-8-9-15-12(10-14)4-3-5-16(15)18/h8-10,13,16H,2-7,11,18H2,1H3. The number of hydrogen-bond acceptors (Lipinski definition) is 3. The van der Waals surface area contributed by atoms with Crippen LogP contribution in [-0.2, 0) is 11.2 Å². The van der Waals surface area contributed by atoms with Gasteiger partial charge in [0.25, 0.3) is 5.91 Å². The molecule has 1 fully saturated rings. The maximum Gasteiger partial charge on any atom is 0.260 e. The Labute approximate surface area is 126 Å². The fourth-order valence-corrected chi connectivity index (χ4v) is 3.17. The van der Waals surface area contributed by atoms with Gasteiger partial charge in [0.1, 0.15) is 5.75 Å². The molecule has 3 rings (SSSR count). The highest BCUT2D eigenvalue weighted by Gasteiger charge is 2.31. The highest BCUT2D eigenvalue weighted by Crippen LogP contribution is 2.31. The van der Waals surface area contributed by atoms with Crippen molar-refractivity contribution in [1.29, 1.82) is 0 Å². The van der Waals surface area contributed by atoms with Crippen molar-refractivity contribution in [2.45, 2.75) is 51.1 Å². The summed E-state index contributed by atoms with van der Waals surface area (Å²) < 4.78 is 5.70. The first-order valence-corrected chi connectivity index (χ1v) is 7.99. The van der Waals surface area contributed by atoms with Crippen LogP contribution in [0.4, 0.5) is 0 Å². The number of likely N-dealkylation sites (N-methyl/N-ethyl adjacent to an activating group) is 1. The summed E-state index contributed by atoms with van der Waals surface area (Å²) in [7, 11) is 0. The molecule has 1 saturated carbocycles. The average molecular weight is 288 g/mol. The molecule has 1 aromatic carbocycles. The summed E-state index contributed by atoms with van der Waals surface area (Å²) in [6, 6.07) is 6.64. The van der Waals surface area contributed by atoms with Crippen molar-refractivity contribution in [3.05, 3.63) is 29.3 Å². The van der Waals surface area contributed by atoms with E-state index in [9.17, 15) is 4.79 Å². The maximum atomic E-state index is 12.2. The number of carbonyl (C=O) groups excluding carboxylic acids is 1. The fraction of sp³-hybridized carbons (Fsp3) is 0.588. The van der Waals surface area contributed by atoms with Gasteiger partial charge in [-0.2, -0.15) is 0 Å². The summed E-state index contributed by atoms with van der Waals surface area (Å²) in [5, 5.41) is 0. The summed E-state index contributed by atoms with van der Waals surface area (Å²) in [4.78, 5) is 14.1. The number of rotatable bonds is 5. The molecule has 4 nitrogen and oxygen atoms in total. The lowest BCUT2D eigenvalue weighted by atomic mass is 9.88. The van der Waals surface area contributed by atoms with E-state index in [0.29, 0.717) is 6.04 Å². The van der Waals surface area contributed by atoms with E-state index >= 15 is 0 Å². The van der Waals surface area contributed by atoms with Crippen molar-refractivity contribution in [2.24, 2.45) is 5.73 Å². The largest absolute Gasteiger partial charge is 0.484 e. The highest BCUT2D eigenvalue weighted by molar-refractivity contribution is 5.78. The molecule has 0 spiro atoms. The van der Waals surface area contributed by atoms with Gasteiger partial charge in [-0.1, -0.05) is 6.07 Å². The number of ether oxygens (including phenoxy) is 1. The van der Waals surface area contributed by atoms with Crippen LogP contribution < -0.4 is 10.5 Å². The Morgan fingerprint density at radius 2 is 2.19 bits per heavy atom. The third-order valence-corrected chi connectivity index (χ3v) is 4.49. The van der Waals surface area contributed by atoms with Crippen LogP contribution in [0.15, 0.2) is 18.2 Å². The smallest absolute Gasteiger partial charge is 0.260 e. The Hall–Kier alpha value is -1.55. The van der Waals surface area contributed by atoms with Gasteiger partial charge >= 0.3 is 0 Å². The van der Waals surface area contributed by atoms with Crippen LogP contribution in [0.1, 0.15) is 49.8 Å². The van der Waals surface area contributed by atoms with Crippen molar-refractivity contribution >= 4 is 5.91 Å². The lowest BCUT2D eigenvalue weighted by Crippen LogP contribution is -2.36. The van der Waals surface area contributed by atoms with Crippen molar-refractivity contribution in [1.82, 2.24) is 4.90 Å². The number of nitrogens with two attached hydrogens (primary N) is 1. The van der Waals surface area contributed by atoms with Gasteiger partial charge in [0.05, 0.1) is 0 Å². The summed E-state index contributed by atoms with van der Waals surface area (Å²) >= 11 is 0. The molecular weight excluding hydrogens is 264 g/mol. The minimum atomic E-state index is 0.0921. The molecule has 1 amide bonds. The minimum absolute atomic E-state index is 0.0921. The molecule has 0 aromatic heterocycles. The van der Waals surface area contributed by atoms with Crippen molar-refractivity contribution in [3.63, 3.8) is 0 Å². The first kappa shape index (κ1) is 14.4. The van der Waals surface area contributed by atoms with E-state index in [0.717, 1.165) is 44.4 Å². The molecule has 1 unspecified atom stereocenters. The van der Waals surface area contributed by atoms with Crippen LogP contribution in [0, 0.1) is 0 Å². The second-order valence-electron chi connectivity index (χ2n) is 6.06. The molecular formula is C17H24N2O2.